The van der Waals surface area contributed by atoms with Crippen LogP contribution in [0.25, 0.3) is 0 Å². The number of nitrogens with zero attached hydrogens (tertiary/aromatic N) is 1. The first-order valence-corrected chi connectivity index (χ1v) is 6.99. The van der Waals surface area contributed by atoms with Crippen LogP contribution in [0.3, 0.4) is 0 Å². The molecular formula is C14H24N2O2. The van der Waals surface area contributed by atoms with Gasteiger partial charge >= 0.3 is 0 Å². The molecule has 4 nitrogen and oxygen atoms in total. The molecule has 0 aliphatic rings. The van der Waals surface area contributed by atoms with E-state index in [9.17, 15) is 4.79 Å². The molecule has 0 aromatic carbocycles. The fourth-order valence-electron chi connectivity index (χ4n) is 1.78. The first-order chi connectivity index (χ1) is 8.76. The normalized spacial score (nSPS) is 10.6. The number of aryl methyl sites for hydroxylation is 1. The predicted octanol–water partition coefficient (Wildman–Crippen LogP) is 3.07. The van der Waals surface area contributed by atoms with Gasteiger partial charge in [-0.25, -0.2) is 4.98 Å². The third-order valence-electron chi connectivity index (χ3n) is 2.85. The Balaban J connectivity index is 2.23. The van der Waals surface area contributed by atoms with Crippen LogP contribution in [0.1, 0.15) is 58.2 Å². The highest BCUT2D eigenvalue weighted by molar-refractivity contribution is 5.08. The van der Waals surface area contributed by atoms with Gasteiger partial charge < -0.3 is 9.72 Å². The van der Waals surface area contributed by atoms with Crippen molar-refractivity contribution < 1.29 is 4.74 Å². The van der Waals surface area contributed by atoms with E-state index in [0.717, 1.165) is 6.42 Å². The van der Waals surface area contributed by atoms with Gasteiger partial charge in [-0.05, 0) is 6.42 Å². The summed E-state index contributed by atoms with van der Waals surface area (Å²) in [7, 11) is 0. The van der Waals surface area contributed by atoms with E-state index in [4.69, 9.17) is 4.74 Å². The Morgan fingerprint density at radius 1 is 1.17 bits per heavy atom. The highest BCUT2D eigenvalue weighted by Crippen LogP contribution is 2.07. The lowest BCUT2D eigenvalue weighted by Gasteiger charge is -2.06. The first kappa shape index (κ1) is 14.7. The van der Waals surface area contributed by atoms with Crippen molar-refractivity contribution in [3.8, 4) is 5.88 Å². The number of nitrogens with one attached hydrogen (secondary N) is 1. The fourth-order valence-corrected chi connectivity index (χ4v) is 1.78. The number of hydrogen-bond acceptors (Lipinski definition) is 3. The standard InChI is InChI=1S/C14H24N2O2/c1-3-5-6-7-8-9-10-18-14-11-13(17)15-12(4-2)16-14/h11H,3-10H2,1-2H3,(H,15,16,17). The summed E-state index contributed by atoms with van der Waals surface area (Å²) in [6.07, 6.45) is 8.08. The average molecular weight is 252 g/mol. The van der Waals surface area contributed by atoms with Crippen LogP contribution in [0.5, 0.6) is 5.88 Å². The summed E-state index contributed by atoms with van der Waals surface area (Å²) in [6.45, 7) is 4.81. The molecule has 18 heavy (non-hydrogen) atoms. The Kier molecular flexibility index (Phi) is 7.14. The van der Waals surface area contributed by atoms with Gasteiger partial charge in [-0.15, -0.1) is 0 Å². The Morgan fingerprint density at radius 3 is 2.61 bits per heavy atom. The first-order valence-electron chi connectivity index (χ1n) is 6.99. The number of ether oxygens (including phenoxy) is 1. The highest BCUT2D eigenvalue weighted by Gasteiger charge is 2.00. The maximum Gasteiger partial charge on any atom is 0.254 e. The van der Waals surface area contributed by atoms with Gasteiger partial charge in [-0.3, -0.25) is 4.79 Å². The molecule has 1 aromatic rings. The molecule has 1 N–H and O–H groups in total. The monoisotopic (exact) mass is 252 g/mol. The molecule has 0 saturated carbocycles. The molecule has 4 heteroatoms. The molecule has 0 unspecified atom stereocenters. The van der Waals surface area contributed by atoms with Crippen molar-refractivity contribution in [2.75, 3.05) is 6.61 Å². The molecule has 0 spiro atoms. The maximum absolute atomic E-state index is 11.3. The molecule has 0 atom stereocenters. The quantitative estimate of drug-likeness (QED) is 0.687. The van der Waals surface area contributed by atoms with Gasteiger partial charge in [0.25, 0.3) is 5.56 Å². The number of aromatic amines is 1. The van der Waals surface area contributed by atoms with Gasteiger partial charge in [0.05, 0.1) is 12.7 Å². The van der Waals surface area contributed by atoms with E-state index in [1.807, 2.05) is 6.92 Å². The lowest BCUT2D eigenvalue weighted by Crippen LogP contribution is -2.12. The summed E-state index contributed by atoms with van der Waals surface area (Å²) < 4.78 is 5.50. The second kappa shape index (κ2) is 8.72. The minimum atomic E-state index is -0.139. The zero-order chi connectivity index (χ0) is 13.2. The summed E-state index contributed by atoms with van der Waals surface area (Å²) in [5, 5.41) is 0. The number of hydrogen-bond donors (Lipinski definition) is 1. The number of rotatable bonds is 9. The lowest BCUT2D eigenvalue weighted by atomic mass is 10.1. The second-order valence-electron chi connectivity index (χ2n) is 4.50. The topological polar surface area (TPSA) is 55.0 Å². The lowest BCUT2D eigenvalue weighted by molar-refractivity contribution is 0.291. The number of H-pyrrole nitrogens is 1. The smallest absolute Gasteiger partial charge is 0.254 e. The van der Waals surface area contributed by atoms with Gasteiger partial charge in [0.1, 0.15) is 5.82 Å². The third-order valence-corrected chi connectivity index (χ3v) is 2.85. The van der Waals surface area contributed by atoms with Crippen molar-refractivity contribution in [1.29, 1.82) is 0 Å². The van der Waals surface area contributed by atoms with E-state index in [1.165, 1.54) is 38.2 Å². The summed E-state index contributed by atoms with van der Waals surface area (Å²) >= 11 is 0. The van der Waals surface area contributed by atoms with Gasteiger partial charge in [-0.2, -0.15) is 0 Å². The van der Waals surface area contributed by atoms with E-state index in [-0.39, 0.29) is 5.56 Å². The minimum absolute atomic E-state index is 0.139. The molecule has 0 radical (unpaired) electrons. The van der Waals surface area contributed by atoms with Crippen molar-refractivity contribution in [2.45, 2.75) is 58.8 Å². The van der Waals surface area contributed by atoms with Crippen LogP contribution in [0, 0.1) is 0 Å². The summed E-state index contributed by atoms with van der Waals surface area (Å²) in [4.78, 5) is 18.2. The maximum atomic E-state index is 11.3. The molecule has 0 aliphatic carbocycles. The van der Waals surface area contributed by atoms with Gasteiger partial charge in [0.2, 0.25) is 5.88 Å². The Labute approximate surface area is 109 Å². The minimum Gasteiger partial charge on any atom is -0.477 e. The number of unbranched alkanes of at least 4 members (excludes halogenated alkanes) is 5. The molecule has 1 aromatic heterocycles. The molecule has 0 fully saturated rings. The zero-order valence-corrected chi connectivity index (χ0v) is 11.5. The Hall–Kier alpha value is -1.32. The molecule has 0 amide bonds. The van der Waals surface area contributed by atoms with Crippen molar-refractivity contribution in [1.82, 2.24) is 9.97 Å². The molecule has 1 rings (SSSR count). The molecule has 1 heterocycles. The number of aromatic nitrogens is 2. The summed E-state index contributed by atoms with van der Waals surface area (Å²) in [5.74, 6) is 1.13. The molecule has 0 aliphatic heterocycles. The van der Waals surface area contributed by atoms with E-state index in [2.05, 4.69) is 16.9 Å². The molecule has 102 valence electrons. The van der Waals surface area contributed by atoms with E-state index >= 15 is 0 Å². The van der Waals surface area contributed by atoms with Crippen molar-refractivity contribution in [3.05, 3.63) is 22.2 Å². The van der Waals surface area contributed by atoms with Crippen molar-refractivity contribution in [3.63, 3.8) is 0 Å². The fraction of sp³-hybridized carbons (Fsp3) is 0.714. The largest absolute Gasteiger partial charge is 0.477 e. The van der Waals surface area contributed by atoms with E-state index < -0.39 is 0 Å². The van der Waals surface area contributed by atoms with Crippen LogP contribution < -0.4 is 10.3 Å². The zero-order valence-electron chi connectivity index (χ0n) is 11.5. The summed E-state index contributed by atoms with van der Waals surface area (Å²) in [6, 6.07) is 1.41. The third kappa shape index (κ3) is 5.84. The van der Waals surface area contributed by atoms with Crippen molar-refractivity contribution >= 4 is 0 Å². The van der Waals surface area contributed by atoms with Crippen LogP contribution in [0.2, 0.25) is 0 Å². The van der Waals surface area contributed by atoms with Crippen LogP contribution in [0.4, 0.5) is 0 Å². The highest BCUT2D eigenvalue weighted by atomic mass is 16.5. The van der Waals surface area contributed by atoms with Gasteiger partial charge in [0.15, 0.2) is 0 Å². The van der Waals surface area contributed by atoms with Gasteiger partial charge in [0, 0.05) is 6.42 Å². The Bertz CT molecular complexity index is 388. The van der Waals surface area contributed by atoms with E-state index in [0.29, 0.717) is 24.7 Å². The molecule has 0 saturated heterocycles. The Morgan fingerprint density at radius 2 is 1.89 bits per heavy atom. The summed E-state index contributed by atoms with van der Waals surface area (Å²) in [5.41, 5.74) is -0.139. The van der Waals surface area contributed by atoms with Crippen molar-refractivity contribution in [2.24, 2.45) is 0 Å². The van der Waals surface area contributed by atoms with Gasteiger partial charge in [-0.1, -0.05) is 46.0 Å². The SMILES string of the molecule is CCCCCCCCOc1cc(=O)[nH]c(CC)n1. The molecular weight excluding hydrogens is 228 g/mol. The van der Waals surface area contributed by atoms with E-state index in [1.54, 1.807) is 0 Å². The van der Waals surface area contributed by atoms with Crippen LogP contribution in [-0.4, -0.2) is 16.6 Å². The van der Waals surface area contributed by atoms with Crippen LogP contribution in [-0.2, 0) is 6.42 Å². The van der Waals surface area contributed by atoms with Crippen LogP contribution in [0.15, 0.2) is 10.9 Å². The predicted molar refractivity (Wildman–Crippen MR) is 73.1 cm³/mol. The second-order valence-corrected chi connectivity index (χ2v) is 4.50. The van der Waals surface area contributed by atoms with Crippen LogP contribution >= 0.6 is 0 Å². The average Bonchev–Trinajstić information content (AvgIpc) is 2.37. The molecule has 0 bridgehead atoms.